The van der Waals surface area contributed by atoms with Gasteiger partial charge < -0.3 is 0 Å². The quantitative estimate of drug-likeness (QED) is 0.427. The van der Waals surface area contributed by atoms with Gasteiger partial charge in [0.05, 0.1) is 34.7 Å². The van der Waals surface area contributed by atoms with E-state index in [1.807, 2.05) is 0 Å². The van der Waals surface area contributed by atoms with Gasteiger partial charge in [0.25, 0.3) is 0 Å². The zero-order chi connectivity index (χ0) is 22.2. The van der Waals surface area contributed by atoms with E-state index in [1.54, 1.807) is 72.8 Å². The first kappa shape index (κ1) is 19.0. The van der Waals surface area contributed by atoms with Crippen LogP contribution in [0.15, 0.2) is 72.8 Å². The lowest BCUT2D eigenvalue weighted by molar-refractivity contribution is 0.0971. The van der Waals surface area contributed by atoms with Crippen molar-refractivity contribution in [2.45, 2.75) is 0 Å². The van der Waals surface area contributed by atoms with Crippen LogP contribution < -0.4 is 0 Å². The second-order valence-electron chi connectivity index (χ2n) is 7.20. The summed E-state index contributed by atoms with van der Waals surface area (Å²) in [5.74, 6) is -0.715. The van der Waals surface area contributed by atoms with Gasteiger partial charge in [0.1, 0.15) is 11.4 Å². The van der Waals surface area contributed by atoms with E-state index in [4.69, 9.17) is 10.5 Å². The van der Waals surface area contributed by atoms with Gasteiger partial charge in [-0.15, -0.1) is 0 Å². The number of hydrogen-bond acceptors (Lipinski definition) is 6. The number of nitriles is 2. The molecule has 0 unspecified atom stereocenters. The maximum atomic E-state index is 13.1. The summed E-state index contributed by atoms with van der Waals surface area (Å²) in [5.41, 5.74) is 3.72. The number of fused-ring (bicyclic) bond motifs is 2. The molecule has 0 spiro atoms. The Morgan fingerprint density at radius 2 is 0.906 bits per heavy atom. The van der Waals surface area contributed by atoms with E-state index in [2.05, 4.69) is 22.1 Å². The Morgan fingerprint density at radius 3 is 1.25 bits per heavy atom. The van der Waals surface area contributed by atoms with E-state index in [0.29, 0.717) is 44.8 Å². The van der Waals surface area contributed by atoms with Crippen molar-refractivity contribution in [1.82, 2.24) is 9.97 Å². The summed E-state index contributed by atoms with van der Waals surface area (Å²) in [6.45, 7) is 0. The lowest BCUT2D eigenvalue weighted by Crippen LogP contribution is -2.24. The highest BCUT2D eigenvalue weighted by molar-refractivity contribution is 6.27. The molecule has 1 heterocycles. The summed E-state index contributed by atoms with van der Waals surface area (Å²) in [6.07, 6.45) is 0. The zero-order valence-corrected chi connectivity index (χ0v) is 16.5. The number of hydrogen-bond donors (Lipinski definition) is 0. The van der Waals surface area contributed by atoms with Crippen molar-refractivity contribution in [1.29, 1.82) is 10.5 Å². The summed E-state index contributed by atoms with van der Waals surface area (Å²) >= 11 is 0. The normalized spacial score (nSPS) is 11.8. The molecule has 32 heavy (non-hydrogen) atoms. The van der Waals surface area contributed by atoms with Gasteiger partial charge in [0.2, 0.25) is 11.6 Å². The van der Waals surface area contributed by atoms with Crippen LogP contribution in [0.4, 0.5) is 0 Å². The molecule has 1 aliphatic carbocycles. The van der Waals surface area contributed by atoms with Crippen molar-refractivity contribution in [2.75, 3.05) is 0 Å². The minimum Gasteiger partial charge on any atom is -0.287 e. The topological polar surface area (TPSA) is 108 Å². The van der Waals surface area contributed by atoms with Gasteiger partial charge in [-0.1, -0.05) is 48.5 Å². The minimum absolute atomic E-state index is 0.00505. The SMILES string of the molecule is N#Cc1ccc(-c2nc3c(nc2-c2ccc(C#N)cc2)C(=O)c2ccccc2C3=O)cc1. The number of rotatable bonds is 2. The lowest BCUT2D eigenvalue weighted by Gasteiger charge is -2.19. The van der Waals surface area contributed by atoms with Gasteiger partial charge >= 0.3 is 0 Å². The van der Waals surface area contributed by atoms with E-state index < -0.39 is 0 Å². The predicted molar refractivity (Wildman–Crippen MR) is 116 cm³/mol. The predicted octanol–water partition coefficient (Wildman–Crippen LogP) is 4.33. The Kier molecular flexibility index (Phi) is 4.40. The summed E-state index contributed by atoms with van der Waals surface area (Å²) < 4.78 is 0. The Morgan fingerprint density at radius 1 is 0.531 bits per heavy atom. The largest absolute Gasteiger partial charge is 0.287 e. The molecule has 0 atom stereocenters. The third kappa shape index (κ3) is 2.96. The molecule has 0 amide bonds. The maximum Gasteiger partial charge on any atom is 0.214 e. The van der Waals surface area contributed by atoms with E-state index in [1.165, 1.54) is 0 Å². The van der Waals surface area contributed by atoms with E-state index in [-0.39, 0.29) is 23.0 Å². The fourth-order valence-electron chi connectivity index (χ4n) is 3.69. The Balaban J connectivity index is 1.78. The molecule has 0 saturated heterocycles. The molecule has 0 bridgehead atoms. The van der Waals surface area contributed by atoms with Crippen LogP contribution in [0.5, 0.6) is 0 Å². The van der Waals surface area contributed by atoms with Crippen LogP contribution in [0.25, 0.3) is 22.5 Å². The van der Waals surface area contributed by atoms with Crippen molar-refractivity contribution >= 4 is 11.6 Å². The average molecular weight is 412 g/mol. The van der Waals surface area contributed by atoms with Gasteiger partial charge in [-0.2, -0.15) is 10.5 Å². The van der Waals surface area contributed by atoms with E-state index in [0.717, 1.165) is 0 Å². The second-order valence-corrected chi connectivity index (χ2v) is 7.20. The van der Waals surface area contributed by atoms with Crippen molar-refractivity contribution in [3.8, 4) is 34.7 Å². The van der Waals surface area contributed by atoms with Crippen LogP contribution in [0.2, 0.25) is 0 Å². The van der Waals surface area contributed by atoms with E-state index in [9.17, 15) is 9.59 Å². The third-order valence-electron chi connectivity index (χ3n) is 5.32. The van der Waals surface area contributed by atoms with Crippen LogP contribution in [-0.4, -0.2) is 21.5 Å². The number of nitrogens with zero attached hydrogens (tertiary/aromatic N) is 4. The average Bonchev–Trinajstić information content (AvgIpc) is 2.86. The number of aromatic nitrogens is 2. The highest BCUT2D eigenvalue weighted by Gasteiger charge is 2.33. The first-order chi connectivity index (χ1) is 15.6. The number of carbonyl (C=O) groups is 2. The molecule has 3 aromatic carbocycles. The summed E-state index contributed by atoms with van der Waals surface area (Å²) in [7, 11) is 0. The molecule has 1 aromatic heterocycles. The van der Waals surface area contributed by atoms with Gasteiger partial charge in [-0.25, -0.2) is 9.97 Å². The molecule has 0 radical (unpaired) electrons. The zero-order valence-electron chi connectivity index (χ0n) is 16.5. The van der Waals surface area contributed by atoms with Crippen LogP contribution in [0.3, 0.4) is 0 Å². The van der Waals surface area contributed by atoms with Crippen LogP contribution >= 0.6 is 0 Å². The third-order valence-corrected chi connectivity index (χ3v) is 5.32. The molecule has 0 N–H and O–H groups in total. The number of benzene rings is 3. The van der Waals surface area contributed by atoms with Crippen molar-refractivity contribution in [3.63, 3.8) is 0 Å². The molecule has 4 aromatic rings. The summed E-state index contributed by atoms with van der Waals surface area (Å²) in [5, 5.41) is 18.2. The lowest BCUT2D eigenvalue weighted by atomic mass is 9.89. The maximum absolute atomic E-state index is 13.1. The van der Waals surface area contributed by atoms with Crippen LogP contribution in [-0.2, 0) is 0 Å². The highest BCUT2D eigenvalue weighted by Crippen LogP contribution is 2.34. The molecule has 6 nitrogen and oxygen atoms in total. The fraction of sp³-hybridized carbons (Fsp3) is 0. The monoisotopic (exact) mass is 412 g/mol. The minimum atomic E-state index is -0.357. The summed E-state index contributed by atoms with van der Waals surface area (Å²) in [4.78, 5) is 35.5. The fourth-order valence-corrected chi connectivity index (χ4v) is 3.69. The van der Waals surface area contributed by atoms with Gasteiger partial charge in [0.15, 0.2) is 0 Å². The van der Waals surface area contributed by atoms with E-state index >= 15 is 0 Å². The standard InChI is InChI=1S/C26H12N4O2/c27-13-15-5-9-17(10-6-15)21-22(18-11-7-16(14-28)8-12-18)30-24-23(29-21)25(31)19-3-1-2-4-20(19)26(24)32/h1-12H. The Bertz CT molecular complexity index is 1390. The van der Waals surface area contributed by atoms with Gasteiger partial charge in [-0.05, 0) is 24.3 Å². The first-order valence-corrected chi connectivity index (χ1v) is 9.72. The molecular formula is C26H12N4O2. The van der Waals surface area contributed by atoms with Crippen LogP contribution in [0.1, 0.15) is 43.2 Å². The highest BCUT2D eigenvalue weighted by atomic mass is 16.1. The van der Waals surface area contributed by atoms with Gasteiger partial charge in [-0.3, -0.25) is 9.59 Å². The Hall–Kier alpha value is -4.94. The second kappa shape index (κ2) is 7.39. The molecule has 0 saturated carbocycles. The molecule has 0 fully saturated rings. The Labute approximate surface area is 183 Å². The number of carbonyl (C=O) groups excluding carboxylic acids is 2. The molecular weight excluding hydrogens is 400 g/mol. The molecule has 1 aliphatic rings. The molecule has 6 heteroatoms. The molecule has 148 valence electrons. The molecule has 0 aliphatic heterocycles. The van der Waals surface area contributed by atoms with Crippen LogP contribution in [0, 0.1) is 22.7 Å². The smallest absolute Gasteiger partial charge is 0.214 e. The van der Waals surface area contributed by atoms with Crippen molar-refractivity contribution < 1.29 is 9.59 Å². The van der Waals surface area contributed by atoms with Crippen molar-refractivity contribution in [2.24, 2.45) is 0 Å². The van der Waals surface area contributed by atoms with Gasteiger partial charge in [0, 0.05) is 22.3 Å². The number of ketones is 2. The first-order valence-electron chi connectivity index (χ1n) is 9.72. The summed E-state index contributed by atoms with van der Waals surface area (Å²) in [6, 6.07) is 24.3. The molecule has 5 rings (SSSR count). The van der Waals surface area contributed by atoms with Crippen molar-refractivity contribution in [3.05, 3.63) is 106 Å².